The highest BCUT2D eigenvalue weighted by Crippen LogP contribution is 2.32. The molecule has 2 heterocycles. The Morgan fingerprint density at radius 1 is 1.52 bits per heavy atom. The van der Waals surface area contributed by atoms with Crippen molar-refractivity contribution in [1.29, 1.82) is 0 Å². The van der Waals surface area contributed by atoms with Crippen molar-refractivity contribution in [3.8, 4) is 0 Å². The molecule has 4 heteroatoms. The van der Waals surface area contributed by atoms with Crippen LogP contribution in [0.3, 0.4) is 0 Å². The van der Waals surface area contributed by atoms with Crippen LogP contribution in [0.4, 0.5) is 0 Å². The topological polar surface area (TPSA) is 24.5 Å². The van der Waals surface area contributed by atoms with Crippen LogP contribution >= 0.6 is 11.3 Å². The molecule has 1 aliphatic heterocycles. The van der Waals surface area contributed by atoms with Gasteiger partial charge in [-0.15, -0.1) is 11.3 Å². The van der Waals surface area contributed by atoms with Crippen molar-refractivity contribution in [3.63, 3.8) is 0 Å². The Balaban J connectivity index is 1.96. The second-order valence-electron chi connectivity index (χ2n) is 6.44. The molecule has 120 valence electrons. The van der Waals surface area contributed by atoms with Gasteiger partial charge < -0.3 is 10.1 Å². The van der Waals surface area contributed by atoms with Crippen LogP contribution in [0.5, 0.6) is 0 Å². The Bertz CT molecular complexity index is 388. The molecular weight excluding hydrogens is 280 g/mol. The van der Waals surface area contributed by atoms with Gasteiger partial charge in [0.05, 0.1) is 6.61 Å². The van der Waals surface area contributed by atoms with Crippen molar-refractivity contribution in [2.75, 3.05) is 39.9 Å². The van der Waals surface area contributed by atoms with Crippen molar-refractivity contribution in [2.24, 2.45) is 5.41 Å². The van der Waals surface area contributed by atoms with Crippen molar-refractivity contribution in [2.45, 2.75) is 39.2 Å². The van der Waals surface area contributed by atoms with E-state index in [4.69, 9.17) is 4.74 Å². The molecule has 3 nitrogen and oxygen atoms in total. The van der Waals surface area contributed by atoms with Gasteiger partial charge in [-0.1, -0.05) is 13.0 Å². The maximum absolute atomic E-state index is 5.82. The van der Waals surface area contributed by atoms with Crippen LogP contribution in [0.15, 0.2) is 17.5 Å². The summed E-state index contributed by atoms with van der Waals surface area (Å²) < 4.78 is 5.82. The fourth-order valence-corrected chi connectivity index (χ4v) is 4.02. The number of ether oxygens (including phenoxy) is 1. The zero-order valence-corrected chi connectivity index (χ0v) is 14.5. The van der Waals surface area contributed by atoms with E-state index in [1.165, 1.54) is 24.1 Å². The first-order chi connectivity index (χ1) is 10.2. The molecule has 1 N–H and O–H groups in total. The molecular formula is C17H30N2OS. The molecule has 0 bridgehead atoms. The first-order valence-corrected chi connectivity index (χ1v) is 9.07. The minimum absolute atomic E-state index is 0.272. The van der Waals surface area contributed by atoms with E-state index in [-0.39, 0.29) is 5.41 Å². The van der Waals surface area contributed by atoms with Crippen molar-refractivity contribution in [3.05, 3.63) is 22.4 Å². The number of hydrogen-bond donors (Lipinski definition) is 1. The second-order valence-corrected chi connectivity index (χ2v) is 7.42. The third-order valence-corrected chi connectivity index (χ3v) is 5.57. The van der Waals surface area contributed by atoms with E-state index in [2.05, 4.69) is 48.6 Å². The average molecular weight is 311 g/mol. The Morgan fingerprint density at radius 3 is 3.00 bits per heavy atom. The van der Waals surface area contributed by atoms with Gasteiger partial charge in [0.1, 0.15) is 0 Å². The quantitative estimate of drug-likeness (QED) is 0.743. The number of rotatable bonds is 8. The van der Waals surface area contributed by atoms with Crippen LogP contribution < -0.4 is 5.32 Å². The minimum Gasteiger partial charge on any atom is -0.381 e. The van der Waals surface area contributed by atoms with Crippen molar-refractivity contribution >= 4 is 11.3 Å². The zero-order valence-electron chi connectivity index (χ0n) is 13.7. The van der Waals surface area contributed by atoms with Gasteiger partial charge >= 0.3 is 0 Å². The molecule has 2 atom stereocenters. The molecule has 1 aromatic rings. The number of hydrogen-bond acceptors (Lipinski definition) is 4. The normalized spacial score (nSPS) is 24.4. The Kier molecular flexibility index (Phi) is 6.68. The summed E-state index contributed by atoms with van der Waals surface area (Å²) in [5.41, 5.74) is 0.272. The SMILES string of the molecule is CCCNCC1(CN(C)C(C)c2cccs2)CCCOC1. The van der Waals surface area contributed by atoms with Crippen LogP contribution in [0.2, 0.25) is 0 Å². The fraction of sp³-hybridized carbons (Fsp3) is 0.765. The van der Waals surface area contributed by atoms with Crippen LogP contribution in [-0.2, 0) is 4.74 Å². The van der Waals surface area contributed by atoms with Crippen molar-refractivity contribution in [1.82, 2.24) is 10.2 Å². The van der Waals surface area contributed by atoms with Crippen LogP contribution in [-0.4, -0.2) is 44.8 Å². The summed E-state index contributed by atoms with van der Waals surface area (Å²) in [5, 5.41) is 5.79. The number of nitrogens with zero attached hydrogens (tertiary/aromatic N) is 1. The van der Waals surface area contributed by atoms with E-state index in [0.717, 1.165) is 32.8 Å². The summed E-state index contributed by atoms with van der Waals surface area (Å²) in [7, 11) is 2.25. The predicted octanol–water partition coefficient (Wildman–Crippen LogP) is 3.54. The highest BCUT2D eigenvalue weighted by atomic mass is 32.1. The van der Waals surface area contributed by atoms with E-state index in [9.17, 15) is 0 Å². The molecule has 0 aliphatic carbocycles. The highest BCUT2D eigenvalue weighted by molar-refractivity contribution is 7.10. The monoisotopic (exact) mass is 310 g/mol. The van der Waals surface area contributed by atoms with Crippen molar-refractivity contribution < 1.29 is 4.74 Å². The Hall–Kier alpha value is -0.420. The summed E-state index contributed by atoms with van der Waals surface area (Å²) in [6.07, 6.45) is 3.65. The average Bonchev–Trinajstić information content (AvgIpc) is 3.02. The fourth-order valence-electron chi connectivity index (χ4n) is 3.17. The predicted molar refractivity (Wildman–Crippen MR) is 91.0 cm³/mol. The molecule has 0 spiro atoms. The molecule has 2 rings (SSSR count). The summed E-state index contributed by atoms with van der Waals surface area (Å²) >= 11 is 1.85. The van der Waals surface area contributed by atoms with Gasteiger partial charge in [0, 0.05) is 36.0 Å². The smallest absolute Gasteiger partial charge is 0.0546 e. The van der Waals surface area contributed by atoms with E-state index in [1.54, 1.807) is 0 Å². The standard InChI is InChI=1S/C17H30N2OS/c1-4-9-18-12-17(8-6-10-20-14-17)13-19(3)15(2)16-7-5-11-21-16/h5,7,11,15,18H,4,6,8-10,12-14H2,1-3H3. The molecule has 0 radical (unpaired) electrons. The van der Waals surface area contributed by atoms with Gasteiger partial charge in [0.15, 0.2) is 0 Å². The van der Waals surface area contributed by atoms with Gasteiger partial charge in [-0.05, 0) is 51.2 Å². The number of nitrogens with one attached hydrogen (secondary N) is 1. The Morgan fingerprint density at radius 2 is 2.38 bits per heavy atom. The van der Waals surface area contributed by atoms with Gasteiger partial charge in [-0.3, -0.25) is 4.90 Å². The maximum Gasteiger partial charge on any atom is 0.0546 e. The lowest BCUT2D eigenvalue weighted by Gasteiger charge is -2.41. The maximum atomic E-state index is 5.82. The largest absolute Gasteiger partial charge is 0.381 e. The molecule has 1 fully saturated rings. The molecule has 1 saturated heterocycles. The van der Waals surface area contributed by atoms with E-state index in [1.807, 2.05) is 11.3 Å². The van der Waals surface area contributed by atoms with Gasteiger partial charge in [-0.2, -0.15) is 0 Å². The van der Waals surface area contributed by atoms with Crippen LogP contribution in [0, 0.1) is 5.41 Å². The number of thiophene rings is 1. The van der Waals surface area contributed by atoms with Gasteiger partial charge in [-0.25, -0.2) is 0 Å². The third kappa shape index (κ3) is 4.78. The van der Waals surface area contributed by atoms with E-state index >= 15 is 0 Å². The van der Waals surface area contributed by atoms with Gasteiger partial charge in [0.25, 0.3) is 0 Å². The molecule has 0 aromatic carbocycles. The first kappa shape index (κ1) is 16.9. The summed E-state index contributed by atoms with van der Waals surface area (Å²) in [4.78, 5) is 3.94. The lowest BCUT2D eigenvalue weighted by atomic mass is 9.81. The van der Waals surface area contributed by atoms with E-state index in [0.29, 0.717) is 6.04 Å². The Labute approximate surface area is 133 Å². The molecule has 0 amide bonds. The van der Waals surface area contributed by atoms with Gasteiger partial charge in [0.2, 0.25) is 0 Å². The molecule has 2 unspecified atom stereocenters. The summed E-state index contributed by atoms with van der Waals surface area (Å²) in [6.45, 7) is 9.63. The lowest BCUT2D eigenvalue weighted by molar-refractivity contribution is -0.0272. The van der Waals surface area contributed by atoms with E-state index < -0.39 is 0 Å². The van der Waals surface area contributed by atoms with Crippen LogP contribution in [0.25, 0.3) is 0 Å². The third-order valence-electron chi connectivity index (χ3n) is 4.53. The molecule has 1 aliphatic rings. The minimum atomic E-state index is 0.272. The second kappa shape index (κ2) is 8.28. The molecule has 0 saturated carbocycles. The lowest BCUT2D eigenvalue weighted by Crippen LogP contribution is -2.48. The van der Waals surface area contributed by atoms with Crippen LogP contribution in [0.1, 0.15) is 44.0 Å². The molecule has 1 aromatic heterocycles. The summed E-state index contributed by atoms with van der Waals surface area (Å²) in [5.74, 6) is 0. The highest BCUT2D eigenvalue weighted by Gasteiger charge is 2.34. The first-order valence-electron chi connectivity index (χ1n) is 8.19. The zero-order chi connectivity index (χ0) is 15.1. The molecule has 21 heavy (non-hydrogen) atoms. The summed E-state index contributed by atoms with van der Waals surface area (Å²) in [6, 6.07) is 4.87.